The van der Waals surface area contributed by atoms with Crippen molar-refractivity contribution < 1.29 is 40.2 Å². The van der Waals surface area contributed by atoms with Crippen molar-refractivity contribution in [1.82, 2.24) is 9.97 Å². The van der Waals surface area contributed by atoms with Gasteiger partial charge in [-0.1, -0.05) is 39.8 Å². The van der Waals surface area contributed by atoms with E-state index < -0.39 is 46.3 Å². The number of benzene rings is 4. The van der Waals surface area contributed by atoms with Gasteiger partial charge in [0.15, 0.2) is 34.4 Å². The molecule has 8 rings (SSSR count). The van der Waals surface area contributed by atoms with E-state index in [2.05, 4.69) is 41.0 Å². The molecule has 2 aliphatic heterocycles. The number of phenols is 6. The highest BCUT2D eigenvalue weighted by Crippen LogP contribution is 2.54. The summed E-state index contributed by atoms with van der Waals surface area (Å²) in [6.45, 7) is 10.7. The number of aromatic nitrogens is 2. The average Bonchev–Trinajstić information content (AvgIpc) is 3.69. The third-order valence-electron chi connectivity index (χ3n) is 10.7. The SMILES string of the molecule is Cc1cc2c(C(C)C)c(O)c(O)c(/C=N/N=C3\C(=O)Nc4ncccc43)c2c(O)c1-c1c(C)cc2c(C(C)C)c(O)c(O)c(/C=N/N=C3/C(=O)Nc4ncccc43)c2c1O. The van der Waals surface area contributed by atoms with Crippen LogP contribution in [0.3, 0.4) is 0 Å². The zero-order valence-electron chi connectivity index (χ0n) is 33.1. The van der Waals surface area contributed by atoms with Gasteiger partial charge in [0, 0.05) is 45.4 Å². The van der Waals surface area contributed by atoms with Crippen LogP contribution in [0.4, 0.5) is 11.6 Å². The summed E-state index contributed by atoms with van der Waals surface area (Å²) in [5.41, 5.74) is 2.40. The molecule has 0 spiro atoms. The molecular weight excluding hydrogens is 769 g/mol. The maximum Gasteiger partial charge on any atom is 0.278 e. The molecule has 2 aromatic heterocycles. The Morgan fingerprint density at radius 2 is 0.967 bits per heavy atom. The summed E-state index contributed by atoms with van der Waals surface area (Å²) in [4.78, 5) is 33.7. The molecule has 0 atom stereocenters. The lowest BCUT2D eigenvalue weighted by molar-refractivity contribution is -0.110. The van der Waals surface area contributed by atoms with E-state index in [4.69, 9.17) is 0 Å². The second-order valence-corrected chi connectivity index (χ2v) is 15.1. The van der Waals surface area contributed by atoms with E-state index in [-0.39, 0.29) is 56.3 Å². The summed E-state index contributed by atoms with van der Waals surface area (Å²) < 4.78 is 0. The number of carbonyl (C=O) groups excluding carboxylic acids is 2. The number of fused-ring (bicyclic) bond motifs is 4. The molecule has 0 aliphatic carbocycles. The maximum atomic E-state index is 12.7. The van der Waals surface area contributed by atoms with E-state index in [1.165, 1.54) is 12.4 Å². The van der Waals surface area contributed by atoms with Gasteiger partial charge in [-0.15, -0.1) is 10.2 Å². The highest BCUT2D eigenvalue weighted by atomic mass is 16.3. The fraction of sp³-hybridized carbons (Fsp3) is 0.182. The molecule has 2 amide bonds. The average molecular weight is 807 g/mol. The standard InChI is InChI=1S/C44H38N8O8/c1-17(2)27-23-13-19(5)29(37(55)31(23)25(35(53)39(27)57)15-47-51-33-21-9-7-11-45-41(21)49-43(33)59)30-20(6)14-24-28(18(3)4)40(58)36(54)26(32(24)38(30)56)16-48-52-34-22-10-8-12-46-42(22)50-44(34)60/h7-18,53-58H,1-6H3,(H,45,49,51,59)(H,46,50,52,60)/b47-15+,48-16+. The Morgan fingerprint density at radius 1 is 0.583 bits per heavy atom. The molecule has 0 unspecified atom stereocenters. The Balaban J connectivity index is 1.38. The van der Waals surface area contributed by atoms with E-state index in [1.807, 2.05) is 27.7 Å². The zero-order chi connectivity index (χ0) is 42.9. The number of aryl methyl sites for hydroxylation is 2. The number of rotatable bonds is 7. The van der Waals surface area contributed by atoms with Crippen molar-refractivity contribution in [2.75, 3.05) is 10.6 Å². The summed E-state index contributed by atoms with van der Waals surface area (Å²) >= 11 is 0. The number of hydrogen-bond donors (Lipinski definition) is 8. The summed E-state index contributed by atoms with van der Waals surface area (Å²) in [6, 6.07) is 9.98. The third kappa shape index (κ3) is 5.99. The van der Waals surface area contributed by atoms with E-state index >= 15 is 0 Å². The van der Waals surface area contributed by atoms with Crippen LogP contribution < -0.4 is 10.6 Å². The third-order valence-corrected chi connectivity index (χ3v) is 10.7. The minimum absolute atomic E-state index is 0.0345. The second-order valence-electron chi connectivity index (χ2n) is 15.1. The van der Waals surface area contributed by atoms with Gasteiger partial charge in [0.25, 0.3) is 11.8 Å². The van der Waals surface area contributed by atoms with Gasteiger partial charge in [-0.3, -0.25) is 9.59 Å². The number of nitrogens with one attached hydrogen (secondary N) is 2. The lowest BCUT2D eigenvalue weighted by atomic mass is 9.83. The molecule has 16 heteroatoms. The van der Waals surface area contributed by atoms with E-state index in [1.54, 1.807) is 50.2 Å². The number of amides is 2. The van der Waals surface area contributed by atoms with Crippen molar-refractivity contribution in [1.29, 1.82) is 0 Å². The molecule has 4 aromatic carbocycles. The Hall–Kier alpha value is -7.88. The van der Waals surface area contributed by atoms with Crippen LogP contribution in [0.5, 0.6) is 34.5 Å². The number of aromatic hydroxyl groups is 6. The summed E-state index contributed by atoms with van der Waals surface area (Å²) in [6.07, 6.45) is 5.27. The predicted octanol–water partition coefficient (Wildman–Crippen LogP) is 7.10. The number of pyridine rings is 2. The van der Waals surface area contributed by atoms with E-state index in [9.17, 15) is 40.2 Å². The Morgan fingerprint density at radius 3 is 1.33 bits per heavy atom. The summed E-state index contributed by atoms with van der Waals surface area (Å²) in [5.74, 6) is -4.01. The first-order valence-electron chi connectivity index (χ1n) is 18.9. The first-order valence-corrected chi connectivity index (χ1v) is 18.9. The van der Waals surface area contributed by atoms with Crippen LogP contribution in [0.1, 0.15) is 84.0 Å². The number of nitrogens with zero attached hydrogens (tertiary/aromatic N) is 6. The number of phenolic OH excluding ortho intramolecular Hbond substituents is 6. The van der Waals surface area contributed by atoms with Crippen LogP contribution in [0.15, 0.2) is 69.2 Å². The van der Waals surface area contributed by atoms with Crippen LogP contribution in [-0.2, 0) is 9.59 Å². The Kier molecular flexibility index (Phi) is 9.41. The van der Waals surface area contributed by atoms with Crippen LogP contribution in [-0.4, -0.2) is 76.3 Å². The van der Waals surface area contributed by atoms with Crippen LogP contribution in [0.25, 0.3) is 32.7 Å². The maximum absolute atomic E-state index is 12.7. The predicted molar refractivity (Wildman–Crippen MR) is 229 cm³/mol. The molecule has 0 saturated heterocycles. The van der Waals surface area contributed by atoms with Crippen LogP contribution in [0, 0.1) is 13.8 Å². The fourth-order valence-corrected chi connectivity index (χ4v) is 8.08. The van der Waals surface area contributed by atoms with Gasteiger partial charge in [-0.05, 0) is 71.8 Å². The molecule has 0 radical (unpaired) electrons. The van der Waals surface area contributed by atoms with Gasteiger partial charge < -0.3 is 41.3 Å². The largest absolute Gasteiger partial charge is 0.507 e. The lowest BCUT2D eigenvalue weighted by Crippen LogP contribution is -2.13. The van der Waals surface area contributed by atoms with E-state index in [0.29, 0.717) is 55.8 Å². The quantitative estimate of drug-likeness (QED) is 0.0461. The van der Waals surface area contributed by atoms with Crippen molar-refractivity contribution in [3.05, 3.63) is 93.3 Å². The van der Waals surface area contributed by atoms with Crippen molar-refractivity contribution in [3.63, 3.8) is 0 Å². The van der Waals surface area contributed by atoms with Crippen molar-refractivity contribution in [2.45, 2.75) is 53.4 Å². The zero-order valence-corrected chi connectivity index (χ0v) is 33.1. The van der Waals surface area contributed by atoms with Gasteiger partial charge in [-0.2, -0.15) is 10.2 Å². The Bertz CT molecular complexity index is 2820. The normalized spacial score (nSPS) is 15.1. The molecule has 0 saturated carbocycles. The molecule has 302 valence electrons. The summed E-state index contributed by atoms with van der Waals surface area (Å²) in [7, 11) is 0. The first kappa shape index (κ1) is 39.0. The number of anilines is 2. The van der Waals surface area contributed by atoms with Gasteiger partial charge in [-0.25, -0.2) is 9.97 Å². The molecule has 16 nitrogen and oxygen atoms in total. The number of carbonyl (C=O) groups is 2. The highest BCUT2D eigenvalue weighted by molar-refractivity contribution is 6.54. The molecule has 60 heavy (non-hydrogen) atoms. The van der Waals surface area contributed by atoms with Crippen molar-refractivity contribution >= 4 is 68.8 Å². The second kappa shape index (κ2) is 14.5. The molecule has 6 aromatic rings. The Labute approximate surface area is 341 Å². The topological polar surface area (TPSA) is 255 Å². The minimum atomic E-state index is -0.603. The van der Waals surface area contributed by atoms with Crippen LogP contribution in [0.2, 0.25) is 0 Å². The van der Waals surface area contributed by atoms with Gasteiger partial charge in [0.1, 0.15) is 23.1 Å². The van der Waals surface area contributed by atoms with Gasteiger partial charge in [0.05, 0.1) is 34.7 Å². The van der Waals surface area contributed by atoms with Crippen molar-refractivity contribution in [3.8, 4) is 45.6 Å². The van der Waals surface area contributed by atoms with Gasteiger partial charge in [0.2, 0.25) is 0 Å². The molecule has 2 aliphatic rings. The molecule has 0 bridgehead atoms. The monoisotopic (exact) mass is 806 g/mol. The first-order chi connectivity index (χ1) is 28.6. The van der Waals surface area contributed by atoms with Gasteiger partial charge >= 0.3 is 0 Å². The molecule has 8 N–H and O–H groups in total. The molecule has 0 fully saturated rings. The van der Waals surface area contributed by atoms with E-state index in [0.717, 1.165) is 12.4 Å². The van der Waals surface area contributed by atoms with Crippen LogP contribution >= 0.6 is 0 Å². The lowest BCUT2D eigenvalue weighted by Gasteiger charge is -2.23. The van der Waals surface area contributed by atoms with Crippen molar-refractivity contribution in [2.24, 2.45) is 20.4 Å². The smallest absolute Gasteiger partial charge is 0.278 e. The summed E-state index contributed by atoms with van der Waals surface area (Å²) in [5, 5.41) is 93.0. The number of hydrogen-bond acceptors (Lipinski definition) is 14. The minimum Gasteiger partial charge on any atom is -0.507 e. The fourth-order valence-electron chi connectivity index (χ4n) is 8.08. The highest BCUT2D eigenvalue weighted by Gasteiger charge is 2.31. The molecule has 4 heterocycles. The molecular formula is C44H38N8O8.